The molecule has 0 fully saturated rings. The number of hydrogen-bond acceptors (Lipinski definition) is 4. The number of sulfonamides is 1. The molecule has 7 nitrogen and oxygen atoms in total. The first-order valence-electron chi connectivity index (χ1n) is 14.9. The molecule has 2 amide bonds. The molecule has 10 heteroatoms. The van der Waals surface area contributed by atoms with E-state index in [1.807, 2.05) is 89.2 Å². The van der Waals surface area contributed by atoms with Crippen LogP contribution in [0.5, 0.6) is 0 Å². The van der Waals surface area contributed by atoms with Crippen LogP contribution < -0.4 is 9.62 Å². The zero-order chi connectivity index (χ0) is 33.6. The van der Waals surface area contributed by atoms with Crippen LogP contribution in [0.1, 0.15) is 43.0 Å². The molecular formula is C36H39Cl2N3O4S. The lowest BCUT2D eigenvalue weighted by molar-refractivity contribution is -0.140. The van der Waals surface area contributed by atoms with E-state index in [2.05, 4.69) is 5.32 Å². The first-order valence-corrected chi connectivity index (χ1v) is 17.1. The largest absolute Gasteiger partial charge is 0.350 e. The molecule has 4 rings (SSSR count). The summed E-state index contributed by atoms with van der Waals surface area (Å²) in [6, 6.07) is 26.9. The highest BCUT2D eigenvalue weighted by atomic mass is 35.5. The minimum atomic E-state index is -4.31. The van der Waals surface area contributed by atoms with Crippen LogP contribution >= 0.6 is 23.2 Å². The predicted molar refractivity (Wildman–Crippen MR) is 186 cm³/mol. The molecular weight excluding hydrogens is 641 g/mol. The molecule has 242 valence electrons. The predicted octanol–water partition coefficient (Wildman–Crippen LogP) is 7.36. The standard InChI is InChI=1S/C36H39Cl2N3O4S/c1-25-11-15-28(16-12-25)23-40(33(35(43)39-36(3,4)5)21-27-9-7-6-8-10-27)34(42)24-41(32-22-29(37)17-20-31(32)38)46(44,45)30-18-13-26(2)14-19-30/h6-20,22,33H,21,23-24H2,1-5H3,(H,39,43). The van der Waals surface area contributed by atoms with Gasteiger partial charge in [0.1, 0.15) is 12.6 Å². The molecule has 0 aliphatic carbocycles. The van der Waals surface area contributed by atoms with Crippen LogP contribution in [0.2, 0.25) is 10.0 Å². The number of carbonyl (C=O) groups is 2. The molecule has 0 saturated heterocycles. The van der Waals surface area contributed by atoms with Crippen LogP contribution in [-0.2, 0) is 32.6 Å². The number of benzene rings is 4. The van der Waals surface area contributed by atoms with Crippen molar-refractivity contribution in [3.05, 3.63) is 129 Å². The maximum absolute atomic E-state index is 14.6. The Hall–Kier alpha value is -3.85. The Bertz CT molecular complexity index is 1770. The lowest BCUT2D eigenvalue weighted by Gasteiger charge is -2.35. The average Bonchev–Trinajstić information content (AvgIpc) is 2.99. The second-order valence-corrected chi connectivity index (χ2v) is 15.1. The molecule has 0 heterocycles. The van der Waals surface area contributed by atoms with Crippen LogP contribution in [0.25, 0.3) is 0 Å². The van der Waals surface area contributed by atoms with E-state index in [1.165, 1.54) is 29.2 Å². The van der Waals surface area contributed by atoms with Crippen LogP contribution in [0.4, 0.5) is 5.69 Å². The summed E-state index contributed by atoms with van der Waals surface area (Å²) in [5, 5.41) is 3.38. The Morgan fingerprint density at radius 2 is 1.39 bits per heavy atom. The van der Waals surface area contributed by atoms with Gasteiger partial charge in [-0.1, -0.05) is 101 Å². The zero-order valence-corrected chi connectivity index (χ0v) is 29.0. The fourth-order valence-corrected chi connectivity index (χ4v) is 6.79. The van der Waals surface area contributed by atoms with Gasteiger partial charge in [-0.3, -0.25) is 13.9 Å². The fraction of sp³-hybridized carbons (Fsp3) is 0.278. The minimum absolute atomic E-state index is 0.0154. The summed E-state index contributed by atoms with van der Waals surface area (Å²) in [6.07, 6.45) is 0.211. The number of amides is 2. The topological polar surface area (TPSA) is 86.8 Å². The van der Waals surface area contributed by atoms with E-state index < -0.39 is 34.1 Å². The normalized spacial score (nSPS) is 12.3. The van der Waals surface area contributed by atoms with E-state index in [4.69, 9.17) is 23.2 Å². The molecule has 0 spiro atoms. The number of carbonyl (C=O) groups excluding carboxylic acids is 2. The molecule has 4 aromatic rings. The lowest BCUT2D eigenvalue weighted by atomic mass is 10.0. The molecule has 0 radical (unpaired) electrons. The van der Waals surface area contributed by atoms with E-state index in [0.29, 0.717) is 0 Å². The van der Waals surface area contributed by atoms with Gasteiger partial charge in [-0.15, -0.1) is 0 Å². The van der Waals surface area contributed by atoms with Gasteiger partial charge in [0.25, 0.3) is 10.0 Å². The molecule has 0 aromatic heterocycles. The maximum atomic E-state index is 14.6. The summed E-state index contributed by atoms with van der Waals surface area (Å²) in [5.74, 6) is -0.942. The first kappa shape index (κ1) is 35.0. The number of nitrogens with one attached hydrogen (secondary N) is 1. The van der Waals surface area contributed by atoms with Crippen molar-refractivity contribution in [1.82, 2.24) is 10.2 Å². The van der Waals surface area contributed by atoms with Crippen LogP contribution in [0.15, 0.2) is 102 Å². The monoisotopic (exact) mass is 679 g/mol. The molecule has 0 saturated carbocycles. The van der Waals surface area contributed by atoms with Crippen molar-refractivity contribution in [2.45, 2.75) is 64.1 Å². The Balaban J connectivity index is 1.84. The number of nitrogens with zero attached hydrogens (tertiary/aromatic N) is 2. The molecule has 1 unspecified atom stereocenters. The van der Waals surface area contributed by atoms with Gasteiger partial charge in [0.2, 0.25) is 11.8 Å². The summed E-state index contributed by atoms with van der Waals surface area (Å²) in [6.45, 7) is 8.86. The highest BCUT2D eigenvalue weighted by Crippen LogP contribution is 2.33. The van der Waals surface area contributed by atoms with Crippen LogP contribution in [0.3, 0.4) is 0 Å². The van der Waals surface area contributed by atoms with E-state index >= 15 is 0 Å². The average molecular weight is 681 g/mol. The van der Waals surface area contributed by atoms with E-state index in [-0.39, 0.29) is 39.5 Å². The second-order valence-electron chi connectivity index (χ2n) is 12.4. The van der Waals surface area contributed by atoms with Crippen molar-refractivity contribution in [1.29, 1.82) is 0 Å². The van der Waals surface area contributed by atoms with Gasteiger partial charge in [0, 0.05) is 23.5 Å². The third-order valence-corrected chi connectivity index (χ3v) is 9.64. The number of hydrogen-bond donors (Lipinski definition) is 1. The Morgan fingerprint density at radius 3 is 1.98 bits per heavy atom. The highest BCUT2D eigenvalue weighted by Gasteiger charge is 2.36. The molecule has 1 N–H and O–H groups in total. The van der Waals surface area contributed by atoms with Crippen molar-refractivity contribution in [2.75, 3.05) is 10.8 Å². The van der Waals surface area contributed by atoms with Gasteiger partial charge < -0.3 is 10.2 Å². The molecule has 0 aliphatic rings. The third-order valence-electron chi connectivity index (χ3n) is 7.31. The number of aryl methyl sites for hydroxylation is 2. The molecule has 0 aliphatic heterocycles. The van der Waals surface area contributed by atoms with Crippen molar-refractivity contribution in [3.8, 4) is 0 Å². The summed E-state index contributed by atoms with van der Waals surface area (Å²) in [5.41, 5.74) is 3.02. The van der Waals surface area contributed by atoms with Gasteiger partial charge in [0.15, 0.2) is 0 Å². The Kier molecular flexibility index (Phi) is 11.2. The van der Waals surface area contributed by atoms with Crippen molar-refractivity contribution in [2.24, 2.45) is 0 Å². The molecule has 1 atom stereocenters. The quantitative estimate of drug-likeness (QED) is 0.179. The van der Waals surface area contributed by atoms with E-state index in [0.717, 1.165) is 26.6 Å². The first-order chi connectivity index (χ1) is 21.6. The highest BCUT2D eigenvalue weighted by molar-refractivity contribution is 7.92. The summed E-state index contributed by atoms with van der Waals surface area (Å²) in [4.78, 5) is 30.0. The Morgan fingerprint density at radius 1 is 0.804 bits per heavy atom. The smallest absolute Gasteiger partial charge is 0.264 e. The summed E-state index contributed by atoms with van der Waals surface area (Å²) < 4.78 is 29.4. The van der Waals surface area contributed by atoms with Gasteiger partial charge in [-0.2, -0.15) is 0 Å². The van der Waals surface area contributed by atoms with Crippen molar-refractivity contribution in [3.63, 3.8) is 0 Å². The second kappa shape index (κ2) is 14.7. The molecule has 46 heavy (non-hydrogen) atoms. The lowest BCUT2D eigenvalue weighted by Crippen LogP contribution is -2.56. The van der Waals surface area contributed by atoms with Gasteiger partial charge in [0.05, 0.1) is 15.6 Å². The summed E-state index contributed by atoms with van der Waals surface area (Å²) >= 11 is 12.9. The Labute approximate surface area is 282 Å². The van der Waals surface area contributed by atoms with Crippen LogP contribution in [-0.4, -0.2) is 43.3 Å². The third kappa shape index (κ3) is 9.12. The molecule has 4 aromatic carbocycles. The van der Waals surface area contributed by atoms with Crippen molar-refractivity contribution < 1.29 is 18.0 Å². The van der Waals surface area contributed by atoms with E-state index in [9.17, 15) is 18.0 Å². The fourth-order valence-electron chi connectivity index (χ4n) is 4.92. The van der Waals surface area contributed by atoms with Gasteiger partial charge in [-0.05, 0) is 76.1 Å². The number of halogens is 2. The van der Waals surface area contributed by atoms with Gasteiger partial charge in [-0.25, -0.2) is 8.42 Å². The zero-order valence-electron chi connectivity index (χ0n) is 26.6. The number of rotatable bonds is 11. The van der Waals surface area contributed by atoms with Gasteiger partial charge >= 0.3 is 0 Å². The molecule has 0 bridgehead atoms. The van der Waals surface area contributed by atoms with E-state index in [1.54, 1.807) is 18.2 Å². The minimum Gasteiger partial charge on any atom is -0.350 e. The van der Waals surface area contributed by atoms with Crippen LogP contribution in [0, 0.1) is 13.8 Å². The number of anilines is 1. The summed E-state index contributed by atoms with van der Waals surface area (Å²) in [7, 11) is -4.31. The SMILES string of the molecule is Cc1ccc(CN(C(=O)CN(c2cc(Cl)ccc2Cl)S(=O)(=O)c2ccc(C)cc2)C(Cc2ccccc2)C(=O)NC(C)(C)C)cc1. The maximum Gasteiger partial charge on any atom is 0.264 e. The van der Waals surface area contributed by atoms with Crippen molar-refractivity contribution >= 4 is 50.7 Å².